The van der Waals surface area contributed by atoms with Crippen LogP contribution < -0.4 is 10.1 Å². The van der Waals surface area contributed by atoms with E-state index in [-0.39, 0.29) is 17.9 Å². The van der Waals surface area contributed by atoms with Crippen molar-refractivity contribution in [3.8, 4) is 5.75 Å². The molecule has 0 aromatic heterocycles. The van der Waals surface area contributed by atoms with Gasteiger partial charge in [0.25, 0.3) is 0 Å². The molecule has 0 spiro atoms. The maximum absolute atomic E-state index is 12.3. The van der Waals surface area contributed by atoms with Gasteiger partial charge in [0.2, 0.25) is 11.8 Å². The summed E-state index contributed by atoms with van der Waals surface area (Å²) >= 11 is 0. The number of ether oxygens (including phenoxy) is 1. The molecule has 5 nitrogen and oxygen atoms in total. The van der Waals surface area contributed by atoms with Crippen molar-refractivity contribution in [1.29, 1.82) is 0 Å². The summed E-state index contributed by atoms with van der Waals surface area (Å²) in [5.74, 6) is 0.971. The number of nitrogens with one attached hydrogen (secondary N) is 1. The van der Waals surface area contributed by atoms with Gasteiger partial charge in [-0.15, -0.1) is 0 Å². The Morgan fingerprint density at radius 2 is 2.08 bits per heavy atom. The van der Waals surface area contributed by atoms with Crippen molar-refractivity contribution >= 4 is 11.8 Å². The van der Waals surface area contributed by atoms with Crippen LogP contribution in [0.1, 0.15) is 43.7 Å². The molecule has 0 saturated carbocycles. The predicted molar refractivity (Wildman–Crippen MR) is 94.1 cm³/mol. The Morgan fingerprint density at radius 3 is 2.79 bits per heavy atom. The lowest BCUT2D eigenvalue weighted by Crippen LogP contribution is -2.49. The Labute approximate surface area is 144 Å². The lowest BCUT2D eigenvalue weighted by Gasteiger charge is -2.33. The average molecular weight is 332 g/mol. The molecule has 1 aliphatic heterocycles. The Balaban J connectivity index is 1.70. The summed E-state index contributed by atoms with van der Waals surface area (Å²) in [5, 5.41) is 2.91. The molecular formula is C19H28N2O3. The van der Waals surface area contributed by atoms with Gasteiger partial charge in [-0.05, 0) is 56.4 Å². The zero-order chi connectivity index (χ0) is 17.5. The molecule has 2 rings (SSSR count). The summed E-state index contributed by atoms with van der Waals surface area (Å²) in [7, 11) is 0. The van der Waals surface area contributed by atoms with E-state index < -0.39 is 0 Å². The topological polar surface area (TPSA) is 58.6 Å². The molecule has 5 heteroatoms. The van der Waals surface area contributed by atoms with E-state index in [0.29, 0.717) is 26.0 Å². The third-order valence-corrected chi connectivity index (χ3v) is 4.46. The molecule has 0 radical (unpaired) electrons. The first kappa shape index (κ1) is 18.3. The highest BCUT2D eigenvalue weighted by Crippen LogP contribution is 2.17. The number of nitrogens with zero attached hydrogens (tertiary/aromatic N) is 1. The second-order valence-electron chi connectivity index (χ2n) is 6.58. The molecule has 2 amide bonds. The highest BCUT2D eigenvalue weighted by molar-refractivity contribution is 5.77. The van der Waals surface area contributed by atoms with E-state index in [1.807, 2.05) is 23.1 Å². The molecule has 1 fully saturated rings. The number of piperidine rings is 1. The van der Waals surface area contributed by atoms with Crippen molar-refractivity contribution in [2.24, 2.45) is 0 Å². The third-order valence-electron chi connectivity index (χ3n) is 4.46. The Morgan fingerprint density at radius 1 is 1.29 bits per heavy atom. The molecule has 1 aromatic carbocycles. The minimum atomic E-state index is -0.0314. The average Bonchev–Trinajstić information content (AvgIpc) is 2.54. The number of hydrogen-bond acceptors (Lipinski definition) is 3. The van der Waals surface area contributed by atoms with E-state index in [2.05, 4.69) is 19.2 Å². The van der Waals surface area contributed by atoms with Crippen LogP contribution in [0.25, 0.3) is 0 Å². The van der Waals surface area contributed by atoms with E-state index in [1.54, 1.807) is 0 Å². The highest BCUT2D eigenvalue weighted by Gasteiger charge is 2.23. The number of amides is 2. The molecule has 1 aromatic rings. The minimum absolute atomic E-state index is 0.0314. The van der Waals surface area contributed by atoms with E-state index in [1.165, 1.54) is 18.1 Å². The Kier molecular flexibility index (Phi) is 6.64. The molecule has 1 heterocycles. The molecule has 1 N–H and O–H groups in total. The van der Waals surface area contributed by atoms with Gasteiger partial charge in [0.05, 0.1) is 6.61 Å². The first-order valence-corrected chi connectivity index (χ1v) is 8.70. The maximum Gasteiger partial charge on any atom is 0.222 e. The molecule has 132 valence electrons. The molecule has 1 aliphatic rings. The van der Waals surface area contributed by atoms with E-state index in [4.69, 9.17) is 4.74 Å². The second kappa shape index (κ2) is 8.71. The molecule has 1 unspecified atom stereocenters. The van der Waals surface area contributed by atoms with Crippen LogP contribution in [0.4, 0.5) is 0 Å². The smallest absolute Gasteiger partial charge is 0.222 e. The first-order chi connectivity index (χ1) is 11.5. The van der Waals surface area contributed by atoms with Gasteiger partial charge in [-0.3, -0.25) is 9.59 Å². The van der Waals surface area contributed by atoms with Crippen molar-refractivity contribution in [2.75, 3.05) is 19.7 Å². The molecule has 1 atom stereocenters. The molecule has 0 bridgehead atoms. The van der Waals surface area contributed by atoms with E-state index >= 15 is 0 Å². The standard InChI is InChI=1S/C19H28N2O3/c1-14-8-9-18(12-15(14)2)24-11-5-7-19(23)21-10-4-6-17(13-21)20-16(3)22/h8-9,12,17H,4-7,10-11,13H2,1-3H3,(H,20,22). The molecule has 1 saturated heterocycles. The fourth-order valence-corrected chi connectivity index (χ4v) is 2.98. The fraction of sp³-hybridized carbons (Fsp3) is 0.579. The summed E-state index contributed by atoms with van der Waals surface area (Å²) < 4.78 is 5.73. The number of carbonyl (C=O) groups is 2. The summed E-state index contributed by atoms with van der Waals surface area (Å²) in [6.45, 7) is 7.60. The van der Waals surface area contributed by atoms with Gasteiger partial charge in [0.1, 0.15) is 5.75 Å². The van der Waals surface area contributed by atoms with Crippen LogP contribution in [0.2, 0.25) is 0 Å². The van der Waals surface area contributed by atoms with Crippen LogP contribution in [0.5, 0.6) is 5.75 Å². The predicted octanol–water partition coefficient (Wildman–Crippen LogP) is 2.59. The Bertz CT molecular complexity index is 586. The SMILES string of the molecule is CC(=O)NC1CCCN(C(=O)CCCOc2ccc(C)c(C)c2)C1. The van der Waals surface area contributed by atoms with Gasteiger partial charge in [0.15, 0.2) is 0 Å². The zero-order valence-corrected chi connectivity index (χ0v) is 14.9. The number of benzene rings is 1. The van der Waals surface area contributed by atoms with Gasteiger partial charge < -0.3 is 15.0 Å². The first-order valence-electron chi connectivity index (χ1n) is 8.70. The van der Waals surface area contributed by atoms with Crippen molar-refractivity contribution in [2.45, 2.75) is 52.5 Å². The maximum atomic E-state index is 12.3. The number of hydrogen-bond donors (Lipinski definition) is 1. The second-order valence-corrected chi connectivity index (χ2v) is 6.58. The molecule has 24 heavy (non-hydrogen) atoms. The van der Waals surface area contributed by atoms with Crippen LogP contribution in [0, 0.1) is 13.8 Å². The van der Waals surface area contributed by atoms with Crippen LogP contribution in [-0.2, 0) is 9.59 Å². The van der Waals surface area contributed by atoms with Crippen molar-refractivity contribution < 1.29 is 14.3 Å². The zero-order valence-electron chi connectivity index (χ0n) is 14.9. The molecule has 0 aliphatic carbocycles. The summed E-state index contributed by atoms with van der Waals surface area (Å²) in [5.41, 5.74) is 2.46. The van der Waals surface area contributed by atoms with Crippen molar-refractivity contribution in [3.63, 3.8) is 0 Å². The van der Waals surface area contributed by atoms with Crippen molar-refractivity contribution in [3.05, 3.63) is 29.3 Å². The van der Waals surface area contributed by atoms with Gasteiger partial charge >= 0.3 is 0 Å². The lowest BCUT2D eigenvalue weighted by molar-refractivity contribution is -0.133. The third kappa shape index (κ3) is 5.55. The quantitative estimate of drug-likeness (QED) is 0.815. The largest absolute Gasteiger partial charge is 0.494 e. The summed E-state index contributed by atoms with van der Waals surface area (Å²) in [6, 6.07) is 6.13. The summed E-state index contributed by atoms with van der Waals surface area (Å²) in [4.78, 5) is 25.3. The minimum Gasteiger partial charge on any atom is -0.494 e. The number of carbonyl (C=O) groups excluding carboxylic acids is 2. The van der Waals surface area contributed by atoms with E-state index in [0.717, 1.165) is 25.1 Å². The van der Waals surface area contributed by atoms with Crippen LogP contribution >= 0.6 is 0 Å². The van der Waals surface area contributed by atoms with Gasteiger partial charge in [-0.2, -0.15) is 0 Å². The number of likely N-dealkylation sites (tertiary alicyclic amines) is 1. The normalized spacial score (nSPS) is 17.5. The van der Waals surface area contributed by atoms with E-state index in [9.17, 15) is 9.59 Å². The van der Waals surface area contributed by atoms with Crippen LogP contribution in [0.15, 0.2) is 18.2 Å². The van der Waals surface area contributed by atoms with Crippen LogP contribution in [-0.4, -0.2) is 42.5 Å². The van der Waals surface area contributed by atoms with Crippen molar-refractivity contribution in [1.82, 2.24) is 10.2 Å². The monoisotopic (exact) mass is 332 g/mol. The van der Waals surface area contributed by atoms with Gasteiger partial charge in [-0.25, -0.2) is 0 Å². The number of aryl methyl sites for hydroxylation is 2. The highest BCUT2D eigenvalue weighted by atomic mass is 16.5. The number of rotatable bonds is 6. The Hall–Kier alpha value is -2.04. The lowest BCUT2D eigenvalue weighted by atomic mass is 10.1. The van der Waals surface area contributed by atoms with Gasteiger partial charge in [0, 0.05) is 32.5 Å². The van der Waals surface area contributed by atoms with Crippen LogP contribution in [0.3, 0.4) is 0 Å². The fourth-order valence-electron chi connectivity index (χ4n) is 2.98. The molecular weight excluding hydrogens is 304 g/mol. The van der Waals surface area contributed by atoms with Gasteiger partial charge in [-0.1, -0.05) is 6.07 Å². The summed E-state index contributed by atoms with van der Waals surface area (Å²) in [6.07, 6.45) is 3.07.